The molecule has 2 aromatic rings. The van der Waals surface area contributed by atoms with E-state index < -0.39 is 0 Å². The van der Waals surface area contributed by atoms with Gasteiger partial charge in [0, 0.05) is 25.1 Å². The first-order valence-electron chi connectivity index (χ1n) is 9.12. The summed E-state index contributed by atoms with van der Waals surface area (Å²) in [6, 6.07) is 10.0. The van der Waals surface area contributed by atoms with Crippen LogP contribution in [0.15, 0.2) is 30.3 Å². The van der Waals surface area contributed by atoms with E-state index in [9.17, 15) is 4.79 Å². The summed E-state index contributed by atoms with van der Waals surface area (Å²) in [6.45, 7) is 7.53. The average Bonchev–Trinajstić information content (AvgIpc) is 2.99. The monoisotopic (exact) mass is 365 g/mol. The van der Waals surface area contributed by atoms with Crippen molar-refractivity contribution < 1.29 is 9.53 Å². The van der Waals surface area contributed by atoms with Crippen LogP contribution in [-0.4, -0.2) is 32.1 Å². The van der Waals surface area contributed by atoms with Crippen LogP contribution in [0, 0.1) is 17.3 Å². The lowest BCUT2D eigenvalue weighted by Crippen LogP contribution is -2.36. The summed E-state index contributed by atoms with van der Waals surface area (Å²) >= 11 is 1.63. The number of morpholine rings is 1. The summed E-state index contributed by atoms with van der Waals surface area (Å²) in [5.74, 6) is 6.99. The lowest BCUT2D eigenvalue weighted by Gasteiger charge is -2.29. The predicted molar refractivity (Wildman–Crippen MR) is 106 cm³/mol. The van der Waals surface area contributed by atoms with Gasteiger partial charge in [-0.25, -0.2) is 0 Å². The molecule has 134 valence electrons. The van der Waals surface area contributed by atoms with Gasteiger partial charge >= 0.3 is 0 Å². The lowest BCUT2D eigenvalue weighted by molar-refractivity contribution is 0.0917. The summed E-state index contributed by atoms with van der Waals surface area (Å²) in [5.41, 5.74) is 3.20. The van der Waals surface area contributed by atoms with Gasteiger partial charge < -0.3 is 9.64 Å². The summed E-state index contributed by atoms with van der Waals surface area (Å²) < 4.78 is 5.51. The summed E-state index contributed by atoms with van der Waals surface area (Å²) in [5, 5.41) is 1.15. The molecule has 0 spiro atoms. The Kier molecular flexibility index (Phi) is 4.60. The van der Waals surface area contributed by atoms with Gasteiger partial charge in [0.15, 0.2) is 5.78 Å². The van der Waals surface area contributed by atoms with Crippen molar-refractivity contribution in [2.75, 3.05) is 31.2 Å². The summed E-state index contributed by atoms with van der Waals surface area (Å²) in [6.07, 6.45) is 1.53. The highest BCUT2D eigenvalue weighted by molar-refractivity contribution is 7.18. The number of ether oxygens (including phenoxy) is 1. The molecule has 1 saturated heterocycles. The van der Waals surface area contributed by atoms with Crippen molar-refractivity contribution in [3.8, 4) is 11.8 Å². The van der Waals surface area contributed by atoms with E-state index in [4.69, 9.17) is 4.74 Å². The van der Waals surface area contributed by atoms with Gasteiger partial charge in [-0.05, 0) is 29.5 Å². The number of hydrogen-bond acceptors (Lipinski definition) is 4. The second kappa shape index (κ2) is 6.90. The zero-order valence-electron chi connectivity index (χ0n) is 15.3. The molecular weight excluding hydrogens is 342 g/mol. The van der Waals surface area contributed by atoms with Crippen LogP contribution < -0.4 is 4.90 Å². The molecule has 2 heterocycles. The SMILES string of the molecule is CC1(C)CC(=O)c2sc(N3CCOCC3)c(C#Cc3ccccc3)c2C1. The third kappa shape index (κ3) is 3.42. The van der Waals surface area contributed by atoms with Crippen molar-refractivity contribution in [2.45, 2.75) is 26.7 Å². The number of benzene rings is 1. The van der Waals surface area contributed by atoms with Gasteiger partial charge in [-0.2, -0.15) is 0 Å². The van der Waals surface area contributed by atoms with E-state index in [1.165, 1.54) is 0 Å². The molecule has 3 nitrogen and oxygen atoms in total. The molecule has 1 aromatic carbocycles. The number of anilines is 1. The third-order valence-corrected chi connectivity index (χ3v) is 6.27. The predicted octanol–water partition coefficient (Wildman–Crippen LogP) is 4.14. The van der Waals surface area contributed by atoms with Crippen LogP contribution in [0.3, 0.4) is 0 Å². The number of Topliss-reactive ketones (excluding diaryl/α,β-unsaturated/α-hetero) is 1. The minimum Gasteiger partial charge on any atom is -0.378 e. The molecule has 1 aromatic heterocycles. The fraction of sp³-hybridized carbons (Fsp3) is 0.409. The van der Waals surface area contributed by atoms with E-state index in [0.717, 1.165) is 59.3 Å². The number of thiophene rings is 1. The number of carbonyl (C=O) groups is 1. The van der Waals surface area contributed by atoms with Crippen LogP contribution in [0.2, 0.25) is 0 Å². The Morgan fingerprint density at radius 3 is 2.54 bits per heavy atom. The standard InChI is InChI=1S/C22H23NO2S/c1-22(2)14-18-17(9-8-16-6-4-3-5-7-16)21(23-10-12-25-13-11-23)26-20(18)19(24)15-22/h3-7H,10-15H2,1-2H3. The normalized spacial score (nSPS) is 18.8. The Labute approximate surface area is 159 Å². The smallest absolute Gasteiger partial charge is 0.173 e. The fourth-order valence-corrected chi connectivity index (χ4v) is 4.94. The first-order valence-corrected chi connectivity index (χ1v) is 9.94. The number of carbonyl (C=O) groups excluding carboxylic acids is 1. The van der Waals surface area contributed by atoms with Crippen LogP contribution in [0.25, 0.3) is 0 Å². The molecule has 26 heavy (non-hydrogen) atoms. The first-order chi connectivity index (χ1) is 12.5. The second-order valence-corrected chi connectivity index (χ2v) is 8.75. The summed E-state index contributed by atoms with van der Waals surface area (Å²) in [7, 11) is 0. The highest BCUT2D eigenvalue weighted by atomic mass is 32.1. The molecule has 0 unspecified atom stereocenters. The van der Waals surface area contributed by atoms with Crippen molar-refractivity contribution in [3.05, 3.63) is 51.9 Å². The van der Waals surface area contributed by atoms with Crippen LogP contribution in [-0.2, 0) is 11.2 Å². The largest absolute Gasteiger partial charge is 0.378 e. The van der Waals surface area contributed by atoms with Crippen LogP contribution in [0.1, 0.15) is 46.6 Å². The topological polar surface area (TPSA) is 29.5 Å². The maximum absolute atomic E-state index is 12.7. The molecular formula is C22H23NO2S. The van der Waals surface area contributed by atoms with Crippen molar-refractivity contribution in [1.82, 2.24) is 0 Å². The maximum atomic E-state index is 12.7. The molecule has 1 aliphatic heterocycles. The van der Waals surface area contributed by atoms with Crippen LogP contribution in [0.4, 0.5) is 5.00 Å². The van der Waals surface area contributed by atoms with E-state index in [1.807, 2.05) is 30.3 Å². The van der Waals surface area contributed by atoms with Gasteiger partial charge in [0.05, 0.1) is 23.7 Å². The van der Waals surface area contributed by atoms with Crippen LogP contribution >= 0.6 is 11.3 Å². The molecule has 1 aliphatic carbocycles. The van der Waals surface area contributed by atoms with E-state index in [1.54, 1.807) is 11.3 Å². The molecule has 0 saturated carbocycles. The number of nitrogens with zero attached hydrogens (tertiary/aromatic N) is 1. The van der Waals surface area contributed by atoms with Crippen LogP contribution in [0.5, 0.6) is 0 Å². The molecule has 4 rings (SSSR count). The minimum atomic E-state index is -0.00336. The van der Waals surface area contributed by atoms with Crippen molar-refractivity contribution >= 4 is 22.1 Å². The first kappa shape index (κ1) is 17.3. The number of rotatable bonds is 1. The third-order valence-electron chi connectivity index (χ3n) is 4.94. The van der Waals surface area contributed by atoms with Gasteiger partial charge in [-0.1, -0.05) is 43.9 Å². The molecule has 2 aliphatic rings. The van der Waals surface area contributed by atoms with Gasteiger partial charge in [-0.15, -0.1) is 11.3 Å². The highest BCUT2D eigenvalue weighted by Gasteiger charge is 2.36. The number of hydrogen-bond donors (Lipinski definition) is 0. The zero-order valence-corrected chi connectivity index (χ0v) is 16.1. The van der Waals surface area contributed by atoms with Crippen molar-refractivity contribution in [2.24, 2.45) is 5.41 Å². The molecule has 0 N–H and O–H groups in total. The van der Waals surface area contributed by atoms with E-state index in [2.05, 4.69) is 30.6 Å². The molecule has 0 radical (unpaired) electrons. The zero-order chi connectivity index (χ0) is 18.1. The van der Waals surface area contributed by atoms with Gasteiger partial charge in [-0.3, -0.25) is 4.79 Å². The summed E-state index contributed by atoms with van der Waals surface area (Å²) in [4.78, 5) is 16.0. The Morgan fingerprint density at radius 2 is 1.81 bits per heavy atom. The minimum absolute atomic E-state index is 0.00336. The Morgan fingerprint density at radius 1 is 1.08 bits per heavy atom. The van der Waals surface area contributed by atoms with Crippen molar-refractivity contribution in [1.29, 1.82) is 0 Å². The molecule has 0 atom stereocenters. The lowest BCUT2D eigenvalue weighted by atomic mass is 9.75. The second-order valence-electron chi connectivity index (χ2n) is 7.75. The van der Waals surface area contributed by atoms with E-state index >= 15 is 0 Å². The van der Waals surface area contributed by atoms with Gasteiger partial charge in [0.1, 0.15) is 5.00 Å². The average molecular weight is 365 g/mol. The van der Waals surface area contributed by atoms with E-state index in [0.29, 0.717) is 6.42 Å². The molecule has 0 amide bonds. The Bertz CT molecular complexity index is 880. The van der Waals surface area contributed by atoms with Crippen molar-refractivity contribution in [3.63, 3.8) is 0 Å². The number of fused-ring (bicyclic) bond motifs is 1. The highest BCUT2D eigenvalue weighted by Crippen LogP contribution is 2.44. The fourth-order valence-electron chi connectivity index (χ4n) is 3.68. The van der Waals surface area contributed by atoms with E-state index in [-0.39, 0.29) is 11.2 Å². The Hall–Kier alpha value is -2.09. The molecule has 1 fully saturated rings. The Balaban J connectivity index is 1.81. The van der Waals surface area contributed by atoms with Gasteiger partial charge in [0.25, 0.3) is 0 Å². The quantitative estimate of drug-likeness (QED) is 0.712. The number of ketones is 1. The van der Waals surface area contributed by atoms with Gasteiger partial charge in [0.2, 0.25) is 0 Å². The molecule has 4 heteroatoms. The molecule has 0 bridgehead atoms. The maximum Gasteiger partial charge on any atom is 0.173 e.